The van der Waals surface area contributed by atoms with Gasteiger partial charge in [0.25, 0.3) is 5.91 Å². The lowest BCUT2D eigenvalue weighted by Crippen LogP contribution is -2.36. The van der Waals surface area contributed by atoms with Crippen LogP contribution in [0.3, 0.4) is 0 Å². The smallest absolute Gasteiger partial charge is 0.266 e. The molecule has 0 fully saturated rings. The topological polar surface area (TPSA) is 88.3 Å². The van der Waals surface area contributed by atoms with E-state index in [1.807, 2.05) is 19.1 Å². The van der Waals surface area contributed by atoms with Gasteiger partial charge in [-0.15, -0.1) is 11.3 Å². The van der Waals surface area contributed by atoms with Gasteiger partial charge >= 0.3 is 0 Å². The van der Waals surface area contributed by atoms with E-state index in [4.69, 9.17) is 5.73 Å². The van der Waals surface area contributed by atoms with Gasteiger partial charge in [-0.2, -0.15) is 0 Å². The van der Waals surface area contributed by atoms with E-state index in [0.29, 0.717) is 10.6 Å². The molecule has 0 aromatic carbocycles. The molecule has 0 atom stereocenters. The Morgan fingerprint density at radius 3 is 2.80 bits per heavy atom. The summed E-state index contributed by atoms with van der Waals surface area (Å²) in [6, 6.07) is 3.72. The third-order valence-electron chi connectivity index (χ3n) is 2.93. The molecule has 3 N–H and O–H groups in total. The molecular weight excluding hydrogens is 276 g/mol. The lowest BCUT2D eigenvalue weighted by molar-refractivity contribution is -0.121. The predicted octanol–water partition coefficient (Wildman–Crippen LogP) is 1.00. The van der Waals surface area contributed by atoms with Crippen molar-refractivity contribution < 1.29 is 9.59 Å². The number of thiophene rings is 1. The van der Waals surface area contributed by atoms with Crippen LogP contribution in [0.25, 0.3) is 10.2 Å². The van der Waals surface area contributed by atoms with Crippen LogP contribution in [-0.2, 0) is 4.79 Å². The van der Waals surface area contributed by atoms with E-state index in [2.05, 4.69) is 10.3 Å². The summed E-state index contributed by atoms with van der Waals surface area (Å²) in [7, 11) is 3.10. The molecule has 0 radical (unpaired) electrons. The normalized spacial score (nSPS) is 10.6. The summed E-state index contributed by atoms with van der Waals surface area (Å²) in [6.07, 6.45) is 0. The number of nitrogens with one attached hydrogen (secondary N) is 1. The van der Waals surface area contributed by atoms with E-state index in [9.17, 15) is 9.59 Å². The molecular formula is C13H16N4O2S. The molecule has 2 amide bonds. The highest BCUT2D eigenvalue weighted by molar-refractivity contribution is 7.21. The molecule has 0 aliphatic rings. The van der Waals surface area contributed by atoms with Crippen LogP contribution in [-0.4, -0.2) is 42.3 Å². The molecule has 6 nitrogen and oxygen atoms in total. The number of carbonyl (C=O) groups excluding carboxylic acids is 2. The van der Waals surface area contributed by atoms with Gasteiger partial charge in [-0.3, -0.25) is 9.59 Å². The van der Waals surface area contributed by atoms with Crippen molar-refractivity contribution in [2.45, 2.75) is 6.92 Å². The molecule has 2 aromatic rings. The first-order valence-electron chi connectivity index (χ1n) is 6.05. The van der Waals surface area contributed by atoms with Gasteiger partial charge in [0.15, 0.2) is 0 Å². The summed E-state index contributed by atoms with van der Waals surface area (Å²) in [5.74, 6) is -0.499. The third kappa shape index (κ3) is 2.57. The number of nitrogen functional groups attached to an aromatic ring is 1. The fourth-order valence-corrected chi connectivity index (χ4v) is 2.92. The van der Waals surface area contributed by atoms with Gasteiger partial charge in [0, 0.05) is 25.2 Å². The number of hydrogen-bond acceptors (Lipinski definition) is 5. The summed E-state index contributed by atoms with van der Waals surface area (Å²) in [4.78, 5) is 30.5. The van der Waals surface area contributed by atoms with Crippen molar-refractivity contribution in [3.8, 4) is 0 Å². The molecule has 2 rings (SSSR count). The maximum atomic E-state index is 12.3. The van der Waals surface area contributed by atoms with Crippen LogP contribution in [0.15, 0.2) is 12.1 Å². The van der Waals surface area contributed by atoms with Gasteiger partial charge in [-0.1, -0.05) is 0 Å². The van der Waals surface area contributed by atoms with Gasteiger partial charge in [-0.25, -0.2) is 4.98 Å². The van der Waals surface area contributed by atoms with Crippen LogP contribution in [0.5, 0.6) is 0 Å². The first-order chi connectivity index (χ1) is 9.43. The van der Waals surface area contributed by atoms with Crippen LogP contribution < -0.4 is 11.1 Å². The minimum atomic E-state index is -0.272. The lowest BCUT2D eigenvalue weighted by atomic mass is 10.2. The van der Waals surface area contributed by atoms with Gasteiger partial charge < -0.3 is 16.0 Å². The number of aromatic nitrogens is 1. The van der Waals surface area contributed by atoms with E-state index >= 15 is 0 Å². The zero-order chi connectivity index (χ0) is 14.9. The third-order valence-corrected chi connectivity index (χ3v) is 4.04. The van der Waals surface area contributed by atoms with Crippen LogP contribution in [0, 0.1) is 6.92 Å². The first-order valence-corrected chi connectivity index (χ1v) is 6.87. The summed E-state index contributed by atoms with van der Waals surface area (Å²) >= 11 is 1.25. The number of likely N-dealkylation sites (N-methyl/N-ethyl adjacent to an activating group) is 2. The molecule has 0 bridgehead atoms. The van der Waals surface area contributed by atoms with E-state index in [0.717, 1.165) is 15.9 Å². The number of anilines is 1. The molecule has 0 saturated carbocycles. The highest BCUT2D eigenvalue weighted by Crippen LogP contribution is 2.33. The molecule has 2 aromatic heterocycles. The molecule has 0 unspecified atom stereocenters. The number of fused-ring (bicyclic) bond motifs is 1. The second kappa shape index (κ2) is 5.46. The second-order valence-corrected chi connectivity index (χ2v) is 5.48. The van der Waals surface area contributed by atoms with Crippen molar-refractivity contribution in [3.05, 3.63) is 22.7 Å². The van der Waals surface area contributed by atoms with Gasteiger partial charge in [-0.05, 0) is 19.1 Å². The Bertz CT molecular complexity index is 680. The zero-order valence-electron chi connectivity index (χ0n) is 11.6. The minimum Gasteiger partial charge on any atom is -0.397 e. The number of carbonyl (C=O) groups is 2. The number of rotatable bonds is 3. The number of nitrogens with two attached hydrogens (primary N) is 1. The number of amides is 2. The fourth-order valence-electron chi connectivity index (χ4n) is 1.79. The number of nitrogens with zero attached hydrogens (tertiary/aromatic N) is 2. The van der Waals surface area contributed by atoms with Crippen LogP contribution in [0.1, 0.15) is 15.4 Å². The van der Waals surface area contributed by atoms with Gasteiger partial charge in [0.05, 0.1) is 12.2 Å². The Kier molecular flexibility index (Phi) is 3.89. The molecule has 0 saturated heterocycles. The second-order valence-electron chi connectivity index (χ2n) is 4.48. The van der Waals surface area contributed by atoms with Crippen LogP contribution >= 0.6 is 11.3 Å². The SMILES string of the molecule is CNC(=O)CN(C)C(=O)c1sc2nc(C)ccc2c1N. The molecule has 20 heavy (non-hydrogen) atoms. The highest BCUT2D eigenvalue weighted by Gasteiger charge is 2.21. The van der Waals surface area contributed by atoms with Crippen LogP contribution in [0.4, 0.5) is 5.69 Å². The summed E-state index contributed by atoms with van der Waals surface area (Å²) < 4.78 is 0. The monoisotopic (exact) mass is 292 g/mol. The van der Waals surface area contributed by atoms with Crippen molar-refractivity contribution >= 4 is 39.1 Å². The number of aryl methyl sites for hydroxylation is 1. The zero-order valence-corrected chi connectivity index (χ0v) is 12.4. The quantitative estimate of drug-likeness (QED) is 0.883. The molecule has 2 heterocycles. The Morgan fingerprint density at radius 1 is 1.45 bits per heavy atom. The molecule has 106 valence electrons. The number of hydrogen-bond donors (Lipinski definition) is 2. The van der Waals surface area contributed by atoms with Crippen molar-refractivity contribution in [1.29, 1.82) is 0 Å². The molecule has 0 aliphatic heterocycles. The first kappa shape index (κ1) is 14.3. The molecule has 7 heteroatoms. The van der Waals surface area contributed by atoms with Crippen molar-refractivity contribution in [3.63, 3.8) is 0 Å². The Labute approximate surface area is 120 Å². The molecule has 0 spiro atoms. The maximum absolute atomic E-state index is 12.3. The number of pyridine rings is 1. The molecule has 0 aliphatic carbocycles. The fraction of sp³-hybridized carbons (Fsp3) is 0.308. The lowest BCUT2D eigenvalue weighted by Gasteiger charge is -2.15. The van der Waals surface area contributed by atoms with E-state index in [-0.39, 0.29) is 18.4 Å². The Hall–Kier alpha value is -2.15. The van der Waals surface area contributed by atoms with Gasteiger partial charge in [0.2, 0.25) is 5.91 Å². The van der Waals surface area contributed by atoms with E-state index in [1.165, 1.54) is 23.3 Å². The Morgan fingerprint density at radius 2 is 2.15 bits per heavy atom. The summed E-state index contributed by atoms with van der Waals surface area (Å²) in [5, 5.41) is 3.25. The average molecular weight is 292 g/mol. The summed E-state index contributed by atoms with van der Waals surface area (Å²) in [5.41, 5.74) is 7.31. The van der Waals surface area contributed by atoms with E-state index < -0.39 is 0 Å². The standard InChI is InChI=1S/C13H16N4O2S/c1-7-4-5-8-10(14)11(20-12(8)16-7)13(19)17(3)6-9(18)15-2/h4-5H,6,14H2,1-3H3,(H,15,18). The minimum absolute atomic E-state index is 0.00449. The van der Waals surface area contributed by atoms with Crippen LogP contribution in [0.2, 0.25) is 0 Å². The Balaban J connectivity index is 2.35. The largest absolute Gasteiger partial charge is 0.397 e. The average Bonchev–Trinajstić information content (AvgIpc) is 2.74. The van der Waals surface area contributed by atoms with Gasteiger partial charge in [0.1, 0.15) is 9.71 Å². The van der Waals surface area contributed by atoms with Crippen molar-refractivity contribution in [1.82, 2.24) is 15.2 Å². The van der Waals surface area contributed by atoms with E-state index in [1.54, 1.807) is 7.05 Å². The summed E-state index contributed by atoms with van der Waals surface area (Å²) in [6.45, 7) is 1.88. The van der Waals surface area contributed by atoms with Crippen molar-refractivity contribution in [2.24, 2.45) is 0 Å². The maximum Gasteiger partial charge on any atom is 0.266 e. The van der Waals surface area contributed by atoms with Crippen molar-refractivity contribution in [2.75, 3.05) is 26.4 Å². The highest BCUT2D eigenvalue weighted by atomic mass is 32.1. The predicted molar refractivity (Wildman–Crippen MR) is 79.8 cm³/mol.